The third-order valence-corrected chi connectivity index (χ3v) is 3.54. The predicted octanol–water partition coefficient (Wildman–Crippen LogP) is 2.07. The first-order chi connectivity index (χ1) is 9.60. The van der Waals surface area contributed by atoms with Gasteiger partial charge in [0.15, 0.2) is 0 Å². The molecule has 1 aromatic carbocycles. The Balaban J connectivity index is 2.49. The second kappa shape index (κ2) is 8.59. The summed E-state index contributed by atoms with van der Waals surface area (Å²) in [6.07, 6.45) is 2.04. The van der Waals surface area contributed by atoms with Crippen molar-refractivity contribution in [1.82, 2.24) is 5.32 Å². The molecular weight excluding hydrogens is 254 g/mol. The molecule has 112 valence electrons. The lowest BCUT2D eigenvalue weighted by Crippen LogP contribution is -2.30. The van der Waals surface area contributed by atoms with Crippen molar-refractivity contribution in [3.05, 3.63) is 29.3 Å². The van der Waals surface area contributed by atoms with Gasteiger partial charge in [0.25, 0.3) is 0 Å². The van der Waals surface area contributed by atoms with Gasteiger partial charge in [-0.2, -0.15) is 0 Å². The number of aryl methyl sites for hydroxylation is 1. The molecule has 2 N–H and O–H groups in total. The molecule has 4 nitrogen and oxygen atoms in total. The van der Waals surface area contributed by atoms with E-state index in [-0.39, 0.29) is 12.5 Å². The van der Waals surface area contributed by atoms with Crippen molar-refractivity contribution in [2.45, 2.75) is 33.1 Å². The number of rotatable bonds is 8. The minimum Gasteiger partial charge on any atom is -0.496 e. The maximum atomic E-state index is 11.9. The van der Waals surface area contributed by atoms with Gasteiger partial charge in [-0.05, 0) is 36.5 Å². The number of benzene rings is 1. The Kier molecular flexibility index (Phi) is 7.09. The van der Waals surface area contributed by atoms with Gasteiger partial charge in [0, 0.05) is 13.2 Å². The Hall–Kier alpha value is -1.55. The Bertz CT molecular complexity index is 432. The number of ether oxygens (including phenoxy) is 1. The van der Waals surface area contributed by atoms with Crippen LogP contribution < -0.4 is 10.1 Å². The quantitative estimate of drug-likeness (QED) is 0.766. The summed E-state index contributed by atoms with van der Waals surface area (Å²) in [6.45, 7) is 4.84. The second-order valence-electron chi connectivity index (χ2n) is 5.07. The second-order valence-corrected chi connectivity index (χ2v) is 5.07. The van der Waals surface area contributed by atoms with E-state index in [1.807, 2.05) is 25.1 Å². The van der Waals surface area contributed by atoms with Crippen LogP contribution in [-0.4, -0.2) is 31.3 Å². The predicted molar refractivity (Wildman–Crippen MR) is 79.9 cm³/mol. The van der Waals surface area contributed by atoms with Gasteiger partial charge in [-0.1, -0.05) is 25.5 Å². The van der Waals surface area contributed by atoms with Crippen LogP contribution in [0.2, 0.25) is 0 Å². The highest BCUT2D eigenvalue weighted by Gasteiger charge is 2.09. The van der Waals surface area contributed by atoms with E-state index in [9.17, 15) is 4.79 Å². The monoisotopic (exact) mass is 279 g/mol. The highest BCUT2D eigenvalue weighted by atomic mass is 16.5. The molecule has 0 saturated carbocycles. The smallest absolute Gasteiger partial charge is 0.224 e. The number of aliphatic hydroxyl groups excluding tert-OH is 1. The molecule has 1 aromatic rings. The minimum absolute atomic E-state index is 0.00676. The Labute approximate surface area is 121 Å². The summed E-state index contributed by atoms with van der Waals surface area (Å²) >= 11 is 0. The largest absolute Gasteiger partial charge is 0.496 e. The Morgan fingerprint density at radius 2 is 2.20 bits per heavy atom. The number of carbonyl (C=O) groups is 1. The van der Waals surface area contributed by atoms with E-state index in [0.717, 1.165) is 29.7 Å². The summed E-state index contributed by atoms with van der Waals surface area (Å²) in [4.78, 5) is 11.9. The molecule has 0 heterocycles. The zero-order chi connectivity index (χ0) is 15.0. The van der Waals surface area contributed by atoms with Gasteiger partial charge in [-0.15, -0.1) is 0 Å². The summed E-state index contributed by atoms with van der Waals surface area (Å²) in [6, 6.07) is 5.81. The molecule has 0 saturated heterocycles. The first-order valence-corrected chi connectivity index (χ1v) is 7.11. The van der Waals surface area contributed by atoms with Crippen LogP contribution in [0, 0.1) is 12.8 Å². The van der Waals surface area contributed by atoms with Gasteiger partial charge in [0.2, 0.25) is 5.91 Å². The summed E-state index contributed by atoms with van der Waals surface area (Å²) in [5.74, 6) is 1.16. The van der Waals surface area contributed by atoms with Gasteiger partial charge >= 0.3 is 0 Å². The molecule has 1 unspecified atom stereocenters. The van der Waals surface area contributed by atoms with E-state index >= 15 is 0 Å². The Morgan fingerprint density at radius 1 is 1.45 bits per heavy atom. The highest BCUT2D eigenvalue weighted by molar-refractivity contribution is 5.78. The zero-order valence-electron chi connectivity index (χ0n) is 12.6. The molecule has 0 bridgehead atoms. The van der Waals surface area contributed by atoms with Gasteiger partial charge < -0.3 is 15.2 Å². The molecule has 0 spiro atoms. The maximum absolute atomic E-state index is 11.9. The van der Waals surface area contributed by atoms with Crippen LogP contribution >= 0.6 is 0 Å². The topological polar surface area (TPSA) is 58.6 Å². The average molecular weight is 279 g/mol. The van der Waals surface area contributed by atoms with Gasteiger partial charge in [0.1, 0.15) is 5.75 Å². The highest BCUT2D eigenvalue weighted by Crippen LogP contribution is 2.19. The zero-order valence-corrected chi connectivity index (χ0v) is 12.6. The number of hydrogen-bond acceptors (Lipinski definition) is 3. The number of nitrogens with one attached hydrogen (secondary N) is 1. The molecule has 0 radical (unpaired) electrons. The van der Waals surface area contributed by atoms with Crippen LogP contribution in [0.5, 0.6) is 5.75 Å². The van der Waals surface area contributed by atoms with E-state index in [1.54, 1.807) is 7.11 Å². The molecule has 0 fully saturated rings. The third kappa shape index (κ3) is 5.21. The molecule has 0 aliphatic rings. The van der Waals surface area contributed by atoms with Crippen LogP contribution in [0.15, 0.2) is 18.2 Å². The van der Waals surface area contributed by atoms with Crippen molar-refractivity contribution in [3.8, 4) is 5.75 Å². The number of methoxy groups -OCH3 is 1. The molecule has 1 amide bonds. The lowest BCUT2D eigenvalue weighted by atomic mass is 10.0. The SMILES string of the molecule is CCC(CCO)CNC(=O)Cc1ccc(C)c(OC)c1. The minimum atomic E-state index is 0.00676. The summed E-state index contributed by atoms with van der Waals surface area (Å²) < 4.78 is 5.26. The van der Waals surface area contributed by atoms with E-state index in [1.165, 1.54) is 0 Å². The van der Waals surface area contributed by atoms with Crippen molar-refractivity contribution >= 4 is 5.91 Å². The fraction of sp³-hybridized carbons (Fsp3) is 0.562. The molecular formula is C16H25NO3. The van der Waals surface area contributed by atoms with Crippen LogP contribution in [0.4, 0.5) is 0 Å². The van der Waals surface area contributed by atoms with Crippen molar-refractivity contribution in [2.24, 2.45) is 5.92 Å². The molecule has 4 heteroatoms. The van der Waals surface area contributed by atoms with Crippen molar-refractivity contribution in [1.29, 1.82) is 0 Å². The fourth-order valence-corrected chi connectivity index (χ4v) is 2.11. The summed E-state index contributed by atoms with van der Waals surface area (Å²) in [5, 5.41) is 11.9. The normalized spacial score (nSPS) is 12.0. The van der Waals surface area contributed by atoms with Gasteiger partial charge in [-0.3, -0.25) is 4.79 Å². The van der Waals surface area contributed by atoms with E-state index in [4.69, 9.17) is 9.84 Å². The van der Waals surface area contributed by atoms with Gasteiger partial charge in [-0.25, -0.2) is 0 Å². The van der Waals surface area contributed by atoms with Crippen LogP contribution in [0.25, 0.3) is 0 Å². The van der Waals surface area contributed by atoms with Gasteiger partial charge in [0.05, 0.1) is 13.5 Å². The number of carbonyl (C=O) groups excluding carboxylic acids is 1. The van der Waals surface area contributed by atoms with E-state index in [2.05, 4.69) is 12.2 Å². The van der Waals surface area contributed by atoms with Crippen LogP contribution in [-0.2, 0) is 11.2 Å². The lowest BCUT2D eigenvalue weighted by molar-refractivity contribution is -0.120. The summed E-state index contributed by atoms with van der Waals surface area (Å²) in [5.41, 5.74) is 2.01. The molecule has 1 atom stereocenters. The van der Waals surface area contributed by atoms with E-state index < -0.39 is 0 Å². The molecule has 1 rings (SSSR count). The molecule has 20 heavy (non-hydrogen) atoms. The molecule has 0 aliphatic heterocycles. The number of aliphatic hydroxyl groups is 1. The maximum Gasteiger partial charge on any atom is 0.224 e. The van der Waals surface area contributed by atoms with Crippen LogP contribution in [0.3, 0.4) is 0 Å². The first-order valence-electron chi connectivity index (χ1n) is 7.11. The fourth-order valence-electron chi connectivity index (χ4n) is 2.11. The first kappa shape index (κ1) is 16.5. The van der Waals surface area contributed by atoms with Crippen LogP contribution in [0.1, 0.15) is 30.9 Å². The molecule has 0 aromatic heterocycles. The number of hydrogen-bond donors (Lipinski definition) is 2. The van der Waals surface area contributed by atoms with Crippen molar-refractivity contribution in [3.63, 3.8) is 0 Å². The third-order valence-electron chi connectivity index (χ3n) is 3.54. The van der Waals surface area contributed by atoms with E-state index in [0.29, 0.717) is 18.9 Å². The van der Waals surface area contributed by atoms with Crippen molar-refractivity contribution < 1.29 is 14.6 Å². The lowest BCUT2D eigenvalue weighted by Gasteiger charge is -2.14. The number of amides is 1. The van der Waals surface area contributed by atoms with Crippen molar-refractivity contribution in [2.75, 3.05) is 20.3 Å². The average Bonchev–Trinajstić information content (AvgIpc) is 2.45. The standard InChI is InChI=1S/C16H25NO3/c1-4-13(7-8-18)11-17-16(19)10-14-6-5-12(2)15(9-14)20-3/h5-6,9,13,18H,4,7-8,10-11H2,1-3H3,(H,17,19). The summed E-state index contributed by atoms with van der Waals surface area (Å²) in [7, 11) is 1.63. The molecule has 0 aliphatic carbocycles. The Morgan fingerprint density at radius 3 is 2.80 bits per heavy atom.